The zero-order chi connectivity index (χ0) is 13.9. The van der Waals surface area contributed by atoms with E-state index in [9.17, 15) is 0 Å². The Bertz CT molecular complexity index is 399. The highest BCUT2D eigenvalue weighted by molar-refractivity contribution is 5.42. The number of hydrogen-bond donors (Lipinski definition) is 0. The predicted octanol–water partition coefficient (Wildman–Crippen LogP) is 2.77. The van der Waals surface area contributed by atoms with Gasteiger partial charge in [-0.3, -0.25) is 0 Å². The van der Waals surface area contributed by atoms with Gasteiger partial charge in [-0.2, -0.15) is 5.26 Å². The van der Waals surface area contributed by atoms with Crippen molar-refractivity contribution in [2.24, 2.45) is 0 Å². The van der Waals surface area contributed by atoms with Crippen LogP contribution in [0, 0.1) is 11.3 Å². The molecule has 0 amide bonds. The van der Waals surface area contributed by atoms with Crippen LogP contribution in [0.15, 0.2) is 24.3 Å². The van der Waals surface area contributed by atoms with Crippen LogP contribution in [-0.2, 0) is 9.47 Å². The maximum atomic E-state index is 8.89. The Hall–Kier alpha value is -1.57. The first-order chi connectivity index (χ1) is 9.24. The second-order valence-corrected chi connectivity index (χ2v) is 4.34. The molecular formula is C15H21NO3. The Morgan fingerprint density at radius 3 is 2.63 bits per heavy atom. The fourth-order valence-corrected chi connectivity index (χ4v) is 1.47. The third-order valence-electron chi connectivity index (χ3n) is 2.38. The van der Waals surface area contributed by atoms with E-state index in [2.05, 4.69) is 6.07 Å². The van der Waals surface area contributed by atoms with Gasteiger partial charge >= 0.3 is 0 Å². The van der Waals surface area contributed by atoms with Gasteiger partial charge in [0, 0.05) is 13.0 Å². The summed E-state index contributed by atoms with van der Waals surface area (Å²) in [4.78, 5) is 0. The lowest BCUT2D eigenvalue weighted by Crippen LogP contribution is -2.11. The first-order valence-corrected chi connectivity index (χ1v) is 6.55. The van der Waals surface area contributed by atoms with Gasteiger partial charge in [-0.05, 0) is 26.0 Å². The monoisotopic (exact) mass is 263 g/mol. The minimum atomic E-state index is 0.245. The maximum absolute atomic E-state index is 8.89. The molecule has 0 aliphatic carbocycles. The van der Waals surface area contributed by atoms with Crippen LogP contribution in [0.1, 0.15) is 25.8 Å². The van der Waals surface area contributed by atoms with Gasteiger partial charge < -0.3 is 14.2 Å². The Morgan fingerprint density at radius 2 is 1.89 bits per heavy atom. The van der Waals surface area contributed by atoms with E-state index in [1.54, 1.807) is 12.1 Å². The van der Waals surface area contributed by atoms with E-state index >= 15 is 0 Å². The lowest BCUT2D eigenvalue weighted by atomic mass is 10.2. The van der Waals surface area contributed by atoms with Crippen LogP contribution in [-0.4, -0.2) is 32.5 Å². The molecule has 104 valence electrons. The Kier molecular flexibility index (Phi) is 7.64. The van der Waals surface area contributed by atoms with E-state index in [0.29, 0.717) is 37.7 Å². The zero-order valence-electron chi connectivity index (χ0n) is 11.6. The molecule has 0 saturated carbocycles. The molecule has 1 aromatic carbocycles. The number of benzene rings is 1. The molecule has 0 bridgehead atoms. The fourth-order valence-electron chi connectivity index (χ4n) is 1.47. The molecule has 0 aliphatic heterocycles. The summed E-state index contributed by atoms with van der Waals surface area (Å²) in [7, 11) is 0. The predicted molar refractivity (Wildman–Crippen MR) is 73.2 cm³/mol. The molecule has 0 saturated heterocycles. The van der Waals surface area contributed by atoms with E-state index in [0.717, 1.165) is 6.42 Å². The van der Waals surface area contributed by atoms with Crippen LogP contribution in [0.25, 0.3) is 0 Å². The quantitative estimate of drug-likeness (QED) is 0.643. The summed E-state index contributed by atoms with van der Waals surface area (Å²) >= 11 is 0. The number of para-hydroxylation sites is 1. The molecule has 1 rings (SSSR count). The van der Waals surface area contributed by atoms with Crippen LogP contribution in [0.2, 0.25) is 0 Å². The first kappa shape index (κ1) is 15.5. The zero-order valence-corrected chi connectivity index (χ0v) is 11.6. The fraction of sp³-hybridized carbons (Fsp3) is 0.533. The second-order valence-electron chi connectivity index (χ2n) is 4.34. The van der Waals surface area contributed by atoms with Gasteiger partial charge in [0.1, 0.15) is 11.8 Å². The second kappa shape index (κ2) is 9.37. The van der Waals surface area contributed by atoms with E-state index in [4.69, 9.17) is 19.5 Å². The summed E-state index contributed by atoms with van der Waals surface area (Å²) in [6, 6.07) is 9.33. The molecule has 0 atom stereocenters. The highest BCUT2D eigenvalue weighted by Gasteiger charge is 2.01. The van der Waals surface area contributed by atoms with Crippen molar-refractivity contribution < 1.29 is 14.2 Å². The average Bonchev–Trinajstić information content (AvgIpc) is 2.42. The van der Waals surface area contributed by atoms with E-state index in [1.165, 1.54) is 0 Å². The molecule has 0 N–H and O–H groups in total. The number of ether oxygens (including phenoxy) is 3. The SMILES string of the molecule is CC(C)OCCOCCCOc1ccccc1C#N. The van der Waals surface area contributed by atoms with Crippen molar-refractivity contribution in [1.82, 2.24) is 0 Å². The molecule has 0 radical (unpaired) electrons. The molecule has 0 fully saturated rings. The van der Waals surface area contributed by atoms with Gasteiger partial charge in [-0.25, -0.2) is 0 Å². The maximum Gasteiger partial charge on any atom is 0.137 e. The Labute approximate surface area is 114 Å². The van der Waals surface area contributed by atoms with Crippen LogP contribution >= 0.6 is 0 Å². The van der Waals surface area contributed by atoms with Gasteiger partial charge in [0.05, 0.1) is 31.5 Å². The van der Waals surface area contributed by atoms with Crippen molar-refractivity contribution in [3.05, 3.63) is 29.8 Å². The molecule has 0 unspecified atom stereocenters. The van der Waals surface area contributed by atoms with Crippen LogP contribution in [0.3, 0.4) is 0 Å². The molecule has 4 heteroatoms. The summed E-state index contributed by atoms with van der Waals surface area (Å²) in [5.41, 5.74) is 0.564. The Balaban J connectivity index is 2.06. The molecule has 0 aliphatic rings. The van der Waals surface area contributed by atoms with Gasteiger partial charge in [0.2, 0.25) is 0 Å². The van der Waals surface area contributed by atoms with Crippen molar-refractivity contribution in [1.29, 1.82) is 5.26 Å². The molecule has 0 heterocycles. The largest absolute Gasteiger partial charge is 0.492 e. The highest BCUT2D eigenvalue weighted by atomic mass is 16.5. The van der Waals surface area contributed by atoms with E-state index in [1.807, 2.05) is 26.0 Å². The van der Waals surface area contributed by atoms with Crippen molar-refractivity contribution in [3.8, 4) is 11.8 Å². The van der Waals surface area contributed by atoms with Crippen LogP contribution in [0.5, 0.6) is 5.75 Å². The molecular weight excluding hydrogens is 242 g/mol. The Morgan fingerprint density at radius 1 is 1.11 bits per heavy atom. The summed E-state index contributed by atoms with van der Waals surface area (Å²) in [5.74, 6) is 0.633. The first-order valence-electron chi connectivity index (χ1n) is 6.55. The molecule has 0 aromatic heterocycles. The number of nitriles is 1. The normalized spacial score (nSPS) is 10.4. The summed E-state index contributed by atoms with van der Waals surface area (Å²) in [5, 5.41) is 8.89. The van der Waals surface area contributed by atoms with Crippen molar-refractivity contribution >= 4 is 0 Å². The highest BCUT2D eigenvalue weighted by Crippen LogP contribution is 2.16. The number of rotatable bonds is 9. The van der Waals surface area contributed by atoms with Crippen molar-refractivity contribution in [2.75, 3.05) is 26.4 Å². The van der Waals surface area contributed by atoms with Gasteiger partial charge in [-0.1, -0.05) is 12.1 Å². The number of nitrogens with zero attached hydrogens (tertiary/aromatic N) is 1. The average molecular weight is 263 g/mol. The third-order valence-corrected chi connectivity index (χ3v) is 2.38. The summed E-state index contributed by atoms with van der Waals surface area (Å²) in [6.07, 6.45) is 1.04. The lowest BCUT2D eigenvalue weighted by molar-refractivity contribution is 0.0170. The standard InChI is InChI=1S/C15H21NO3/c1-13(2)18-11-10-17-8-5-9-19-15-7-4-3-6-14(15)12-16/h3-4,6-7,13H,5,8-11H2,1-2H3. The summed E-state index contributed by atoms with van der Waals surface area (Å²) < 4.78 is 16.3. The molecule has 1 aromatic rings. The smallest absolute Gasteiger partial charge is 0.137 e. The van der Waals surface area contributed by atoms with E-state index in [-0.39, 0.29) is 6.10 Å². The summed E-state index contributed by atoms with van der Waals surface area (Å²) in [6.45, 7) is 6.41. The lowest BCUT2D eigenvalue weighted by Gasteiger charge is -2.09. The minimum Gasteiger partial charge on any atom is -0.492 e. The third kappa shape index (κ3) is 6.80. The van der Waals surface area contributed by atoms with Crippen molar-refractivity contribution in [3.63, 3.8) is 0 Å². The van der Waals surface area contributed by atoms with Crippen LogP contribution < -0.4 is 4.74 Å². The van der Waals surface area contributed by atoms with Gasteiger partial charge in [0.25, 0.3) is 0 Å². The molecule has 19 heavy (non-hydrogen) atoms. The van der Waals surface area contributed by atoms with Crippen LogP contribution in [0.4, 0.5) is 0 Å². The van der Waals surface area contributed by atoms with Crippen molar-refractivity contribution in [2.45, 2.75) is 26.4 Å². The molecule has 0 spiro atoms. The van der Waals surface area contributed by atoms with Gasteiger partial charge in [-0.15, -0.1) is 0 Å². The minimum absolute atomic E-state index is 0.245. The molecule has 4 nitrogen and oxygen atoms in total. The topological polar surface area (TPSA) is 51.5 Å². The number of hydrogen-bond acceptors (Lipinski definition) is 4. The van der Waals surface area contributed by atoms with Gasteiger partial charge in [0.15, 0.2) is 0 Å². The van der Waals surface area contributed by atoms with E-state index < -0.39 is 0 Å².